The van der Waals surface area contributed by atoms with Crippen molar-refractivity contribution < 1.29 is 4.79 Å². The number of aromatic amines is 1. The van der Waals surface area contributed by atoms with Crippen LogP contribution in [0.25, 0.3) is 0 Å². The summed E-state index contributed by atoms with van der Waals surface area (Å²) >= 11 is 3.78. The van der Waals surface area contributed by atoms with Crippen molar-refractivity contribution >= 4 is 30.7 Å². The fourth-order valence-electron chi connectivity index (χ4n) is 0.529. The van der Waals surface area contributed by atoms with Gasteiger partial charge in [0.15, 0.2) is 0 Å². The van der Waals surface area contributed by atoms with Gasteiger partial charge in [0.1, 0.15) is 11.5 Å². The van der Waals surface area contributed by atoms with Crippen LogP contribution < -0.4 is 10.0 Å². The minimum absolute atomic E-state index is 0.321. The number of nitrogens with two attached hydrogens (primary N) is 1. The molecule has 3 N–H and O–H groups in total. The second-order valence-corrected chi connectivity index (χ2v) is 2.05. The quantitative estimate of drug-likeness (QED) is 0.412. The average Bonchev–Trinajstić information content (AvgIpc) is 2.34. The van der Waals surface area contributed by atoms with Crippen LogP contribution in [-0.4, -0.2) is 16.6 Å². The van der Waals surface area contributed by atoms with E-state index in [0.717, 1.165) is 4.31 Å². The van der Waals surface area contributed by atoms with E-state index >= 15 is 0 Å². The molecule has 0 aliphatic carbocycles. The van der Waals surface area contributed by atoms with Crippen LogP contribution in [0, 0.1) is 0 Å². The van der Waals surface area contributed by atoms with Crippen molar-refractivity contribution in [3.63, 3.8) is 0 Å². The monoisotopic (exact) mass is 158 g/mol. The van der Waals surface area contributed by atoms with Gasteiger partial charge in [0, 0.05) is 0 Å². The van der Waals surface area contributed by atoms with E-state index < -0.39 is 0 Å². The number of hydrogen-bond donors (Lipinski definition) is 3. The first-order valence-corrected chi connectivity index (χ1v) is 2.88. The van der Waals surface area contributed by atoms with Gasteiger partial charge in [-0.15, -0.1) is 0 Å². The summed E-state index contributed by atoms with van der Waals surface area (Å²) in [5.74, 6) is 0.321. The molecule has 1 aromatic rings. The maximum Gasteiger partial charge on any atom is 0.224 e. The molecule has 0 bridgehead atoms. The lowest BCUT2D eigenvalue weighted by atomic mass is 10.5. The van der Waals surface area contributed by atoms with Crippen LogP contribution in [0.2, 0.25) is 0 Å². The zero-order valence-electron chi connectivity index (χ0n) is 4.98. The molecule has 5 nitrogen and oxygen atoms in total. The van der Waals surface area contributed by atoms with Gasteiger partial charge in [-0.25, -0.2) is 0 Å². The topological polar surface area (TPSA) is 75.0 Å². The summed E-state index contributed by atoms with van der Waals surface area (Å²) in [6.07, 6.45) is 1.95. The molecule has 1 rings (SSSR count). The average molecular weight is 158 g/mol. The maximum absolute atomic E-state index is 10.1. The molecule has 0 radical (unpaired) electrons. The Bertz CT molecular complexity index is 235. The van der Waals surface area contributed by atoms with E-state index in [-0.39, 0.29) is 0 Å². The Morgan fingerprint density at radius 3 is 3.00 bits per heavy atom. The number of H-pyrrole nitrogens is 1. The van der Waals surface area contributed by atoms with Gasteiger partial charge in [-0.2, -0.15) is 5.10 Å². The number of rotatable bonds is 2. The standard InChI is InChI=1S/C4H6N4OS/c5-4-3(1-6-7-4)8(10)2-9/h1-2,10H,(H3,5,6,7). The number of amides is 1. The lowest BCUT2D eigenvalue weighted by molar-refractivity contribution is -0.106. The molecule has 10 heavy (non-hydrogen) atoms. The van der Waals surface area contributed by atoms with Crippen molar-refractivity contribution in [3.8, 4) is 0 Å². The number of nitrogens with one attached hydrogen (secondary N) is 1. The highest BCUT2D eigenvalue weighted by Gasteiger charge is 2.05. The summed E-state index contributed by atoms with van der Waals surface area (Å²) in [7, 11) is 0. The van der Waals surface area contributed by atoms with E-state index in [1.54, 1.807) is 0 Å². The van der Waals surface area contributed by atoms with E-state index in [1.807, 2.05) is 0 Å². The Labute approximate surface area is 62.7 Å². The van der Waals surface area contributed by atoms with Crippen LogP contribution in [0.1, 0.15) is 0 Å². The first-order valence-electron chi connectivity index (χ1n) is 2.48. The Balaban J connectivity index is 2.92. The number of thiol groups is 1. The molecule has 0 atom stereocenters. The van der Waals surface area contributed by atoms with E-state index in [1.165, 1.54) is 6.20 Å². The molecule has 0 aliphatic rings. The summed E-state index contributed by atoms with van der Waals surface area (Å²) in [5, 5.41) is 6.05. The number of carbonyl (C=O) groups excluding carboxylic acids is 1. The van der Waals surface area contributed by atoms with Crippen LogP contribution in [0.3, 0.4) is 0 Å². The van der Waals surface area contributed by atoms with E-state index in [4.69, 9.17) is 5.73 Å². The second-order valence-electron chi connectivity index (χ2n) is 1.62. The molecule has 0 saturated carbocycles. The second kappa shape index (κ2) is 2.61. The normalized spacial score (nSPS) is 9.30. The van der Waals surface area contributed by atoms with Crippen molar-refractivity contribution in [2.45, 2.75) is 0 Å². The van der Waals surface area contributed by atoms with Crippen molar-refractivity contribution in [1.82, 2.24) is 10.2 Å². The molecule has 6 heteroatoms. The van der Waals surface area contributed by atoms with E-state index in [0.29, 0.717) is 17.9 Å². The third kappa shape index (κ3) is 1.06. The number of aromatic nitrogens is 2. The fourth-order valence-corrected chi connectivity index (χ4v) is 0.688. The van der Waals surface area contributed by atoms with Gasteiger partial charge < -0.3 is 5.73 Å². The van der Waals surface area contributed by atoms with Crippen LogP contribution in [0.4, 0.5) is 11.5 Å². The third-order valence-electron chi connectivity index (χ3n) is 0.994. The lowest BCUT2D eigenvalue weighted by Gasteiger charge is -2.04. The fraction of sp³-hybridized carbons (Fsp3) is 0. The summed E-state index contributed by atoms with van der Waals surface area (Å²) < 4.78 is 1.04. The van der Waals surface area contributed by atoms with E-state index in [2.05, 4.69) is 23.0 Å². The highest BCUT2D eigenvalue weighted by molar-refractivity contribution is 7.82. The molecule has 0 spiro atoms. The molecule has 0 saturated heterocycles. The van der Waals surface area contributed by atoms with Crippen molar-refractivity contribution in [2.75, 3.05) is 10.0 Å². The molecule has 54 valence electrons. The molecular weight excluding hydrogens is 152 g/mol. The van der Waals surface area contributed by atoms with Gasteiger partial charge in [-0.05, 0) is 0 Å². The molecule has 0 aromatic carbocycles. The van der Waals surface area contributed by atoms with Crippen molar-refractivity contribution in [1.29, 1.82) is 0 Å². The predicted molar refractivity (Wildman–Crippen MR) is 40.5 cm³/mol. The van der Waals surface area contributed by atoms with Gasteiger partial charge in [0.25, 0.3) is 0 Å². The molecule has 0 fully saturated rings. The van der Waals surface area contributed by atoms with Gasteiger partial charge >= 0.3 is 0 Å². The minimum atomic E-state index is 0.321. The first-order chi connectivity index (χ1) is 4.75. The van der Waals surface area contributed by atoms with Crippen LogP contribution in [0.15, 0.2) is 6.20 Å². The number of hydrogen-bond acceptors (Lipinski definition) is 4. The predicted octanol–water partition coefficient (Wildman–Crippen LogP) is -0.201. The van der Waals surface area contributed by atoms with E-state index in [9.17, 15) is 4.79 Å². The molecule has 1 heterocycles. The number of nitrogens with zero attached hydrogens (tertiary/aromatic N) is 2. The van der Waals surface area contributed by atoms with Gasteiger partial charge in [0.05, 0.1) is 6.20 Å². The molecule has 1 amide bonds. The Morgan fingerprint density at radius 1 is 1.90 bits per heavy atom. The minimum Gasteiger partial charge on any atom is -0.382 e. The van der Waals surface area contributed by atoms with Gasteiger partial charge in [-0.3, -0.25) is 14.2 Å². The largest absolute Gasteiger partial charge is 0.382 e. The first kappa shape index (κ1) is 6.94. The SMILES string of the molecule is Nc1[nH]ncc1N(S)C=O. The third-order valence-corrected chi connectivity index (χ3v) is 1.30. The van der Waals surface area contributed by atoms with Crippen LogP contribution >= 0.6 is 12.8 Å². The zero-order chi connectivity index (χ0) is 7.56. The summed E-state index contributed by atoms with van der Waals surface area (Å²) in [4.78, 5) is 10.1. The lowest BCUT2D eigenvalue weighted by Crippen LogP contribution is -2.07. The maximum atomic E-state index is 10.1. The number of carbonyl (C=O) groups is 1. The van der Waals surface area contributed by atoms with Crippen LogP contribution in [-0.2, 0) is 4.79 Å². The summed E-state index contributed by atoms with van der Waals surface area (Å²) in [5.41, 5.74) is 5.81. The Kier molecular flexibility index (Phi) is 1.81. The number of nitrogen functional groups attached to an aromatic ring is 1. The Morgan fingerprint density at radius 2 is 2.60 bits per heavy atom. The molecular formula is C4H6N4OS. The van der Waals surface area contributed by atoms with Gasteiger partial charge in [0.2, 0.25) is 6.41 Å². The summed E-state index contributed by atoms with van der Waals surface area (Å²) in [6.45, 7) is 0. The van der Waals surface area contributed by atoms with Gasteiger partial charge in [-0.1, -0.05) is 12.8 Å². The highest BCUT2D eigenvalue weighted by Crippen LogP contribution is 2.18. The number of anilines is 2. The van der Waals surface area contributed by atoms with Crippen molar-refractivity contribution in [3.05, 3.63) is 6.20 Å². The molecule has 0 aliphatic heterocycles. The highest BCUT2D eigenvalue weighted by atomic mass is 32.1. The smallest absolute Gasteiger partial charge is 0.224 e. The summed E-state index contributed by atoms with van der Waals surface area (Å²) in [6, 6.07) is 0. The molecule has 0 unspecified atom stereocenters. The van der Waals surface area contributed by atoms with Crippen molar-refractivity contribution in [2.24, 2.45) is 0 Å². The molecule has 1 aromatic heterocycles. The van der Waals surface area contributed by atoms with Crippen LogP contribution in [0.5, 0.6) is 0 Å². The zero-order valence-corrected chi connectivity index (χ0v) is 5.88. The Hall–Kier alpha value is -1.17.